The van der Waals surface area contributed by atoms with Crippen molar-refractivity contribution in [2.45, 2.75) is 11.8 Å². The van der Waals surface area contributed by atoms with E-state index in [4.69, 9.17) is 0 Å². The second-order valence-corrected chi connectivity index (χ2v) is 5.75. The summed E-state index contributed by atoms with van der Waals surface area (Å²) in [5, 5.41) is 6.95. The zero-order chi connectivity index (χ0) is 11.8. The summed E-state index contributed by atoms with van der Waals surface area (Å²) in [6, 6.07) is 8.61. The lowest BCUT2D eigenvalue weighted by atomic mass is 10.1. The monoisotopic (exact) mass is 236 g/mol. The fourth-order valence-electron chi connectivity index (χ4n) is 1.44. The molecular weight excluding hydrogens is 224 g/mol. The zero-order valence-electron chi connectivity index (χ0n) is 9.06. The normalized spacial score (nSPS) is 11.6. The first-order valence-electron chi connectivity index (χ1n) is 4.79. The third-order valence-corrected chi connectivity index (χ3v) is 3.41. The van der Waals surface area contributed by atoms with E-state index in [1.54, 1.807) is 24.3 Å². The Kier molecular flexibility index (Phi) is 2.55. The second kappa shape index (κ2) is 3.75. The standard InChI is InChI=1S/C11H12N2O2S/c1-8-7-11(13-12-8)9-3-5-10(6-4-9)16(2,14)15/h3-7H,1-2H3,(H,12,13). The number of sulfone groups is 1. The molecule has 1 N–H and O–H groups in total. The molecular formula is C11H12N2O2S. The molecule has 0 amide bonds. The summed E-state index contributed by atoms with van der Waals surface area (Å²) in [6.07, 6.45) is 1.20. The van der Waals surface area contributed by atoms with Crippen molar-refractivity contribution in [3.05, 3.63) is 36.0 Å². The molecule has 0 aliphatic rings. The molecule has 0 spiro atoms. The van der Waals surface area contributed by atoms with Crippen LogP contribution in [0.15, 0.2) is 35.2 Å². The summed E-state index contributed by atoms with van der Waals surface area (Å²) >= 11 is 0. The molecule has 2 aromatic rings. The van der Waals surface area contributed by atoms with Crippen LogP contribution < -0.4 is 0 Å². The van der Waals surface area contributed by atoms with E-state index in [0.29, 0.717) is 4.90 Å². The number of aromatic nitrogens is 2. The molecule has 0 saturated heterocycles. The van der Waals surface area contributed by atoms with Crippen molar-refractivity contribution in [3.63, 3.8) is 0 Å². The van der Waals surface area contributed by atoms with Crippen LogP contribution in [0.25, 0.3) is 11.3 Å². The number of hydrogen-bond donors (Lipinski definition) is 1. The van der Waals surface area contributed by atoms with Gasteiger partial charge in [0.1, 0.15) is 0 Å². The number of aryl methyl sites for hydroxylation is 1. The van der Waals surface area contributed by atoms with Crippen molar-refractivity contribution in [1.82, 2.24) is 10.2 Å². The quantitative estimate of drug-likeness (QED) is 0.864. The van der Waals surface area contributed by atoms with Crippen LogP contribution in [0.2, 0.25) is 0 Å². The van der Waals surface area contributed by atoms with Crippen LogP contribution in [-0.4, -0.2) is 24.9 Å². The van der Waals surface area contributed by atoms with Gasteiger partial charge in [0, 0.05) is 17.5 Å². The number of aromatic amines is 1. The van der Waals surface area contributed by atoms with Gasteiger partial charge in [0.25, 0.3) is 0 Å². The highest BCUT2D eigenvalue weighted by atomic mass is 32.2. The molecule has 4 nitrogen and oxygen atoms in total. The molecule has 16 heavy (non-hydrogen) atoms. The van der Waals surface area contributed by atoms with Crippen LogP contribution >= 0.6 is 0 Å². The lowest BCUT2D eigenvalue weighted by molar-refractivity contribution is 0.602. The Bertz CT molecular complexity index is 597. The first-order chi connectivity index (χ1) is 7.47. The van der Waals surface area contributed by atoms with Crippen molar-refractivity contribution >= 4 is 9.84 Å². The number of nitrogens with zero attached hydrogens (tertiary/aromatic N) is 1. The van der Waals surface area contributed by atoms with Gasteiger partial charge in [-0.05, 0) is 25.1 Å². The predicted molar refractivity (Wildman–Crippen MR) is 61.9 cm³/mol. The molecule has 1 aromatic heterocycles. The number of rotatable bonds is 2. The van der Waals surface area contributed by atoms with Crippen LogP contribution in [-0.2, 0) is 9.84 Å². The average molecular weight is 236 g/mol. The number of H-pyrrole nitrogens is 1. The predicted octanol–water partition coefficient (Wildman–Crippen LogP) is 1.79. The summed E-state index contributed by atoms with van der Waals surface area (Å²) in [5.41, 5.74) is 2.69. The number of hydrogen-bond acceptors (Lipinski definition) is 3. The molecule has 84 valence electrons. The van der Waals surface area contributed by atoms with Gasteiger partial charge in [-0.15, -0.1) is 0 Å². The van der Waals surface area contributed by atoms with E-state index >= 15 is 0 Å². The number of nitrogens with one attached hydrogen (secondary N) is 1. The van der Waals surface area contributed by atoms with Gasteiger partial charge < -0.3 is 0 Å². The third-order valence-electron chi connectivity index (χ3n) is 2.28. The van der Waals surface area contributed by atoms with Gasteiger partial charge in [0.05, 0.1) is 10.6 Å². The Morgan fingerprint density at radius 2 is 1.81 bits per heavy atom. The van der Waals surface area contributed by atoms with Gasteiger partial charge >= 0.3 is 0 Å². The maximum absolute atomic E-state index is 11.3. The van der Waals surface area contributed by atoms with Crippen LogP contribution in [0.3, 0.4) is 0 Å². The minimum absolute atomic E-state index is 0.323. The Morgan fingerprint density at radius 3 is 2.25 bits per heavy atom. The molecule has 0 aliphatic carbocycles. The minimum Gasteiger partial charge on any atom is -0.282 e. The molecule has 2 rings (SSSR count). The molecule has 5 heteroatoms. The lowest BCUT2D eigenvalue weighted by Crippen LogP contribution is -1.96. The van der Waals surface area contributed by atoms with Gasteiger partial charge in [0.2, 0.25) is 0 Å². The molecule has 0 saturated carbocycles. The molecule has 1 aromatic carbocycles. The Morgan fingerprint density at radius 1 is 1.19 bits per heavy atom. The molecule has 0 unspecified atom stereocenters. The Labute approximate surface area is 94.2 Å². The lowest BCUT2D eigenvalue weighted by Gasteiger charge is -1.99. The second-order valence-electron chi connectivity index (χ2n) is 3.73. The molecule has 0 aliphatic heterocycles. The van der Waals surface area contributed by atoms with Crippen molar-refractivity contribution in [1.29, 1.82) is 0 Å². The van der Waals surface area contributed by atoms with Crippen LogP contribution in [0, 0.1) is 6.92 Å². The molecule has 1 heterocycles. The van der Waals surface area contributed by atoms with Crippen molar-refractivity contribution in [2.24, 2.45) is 0 Å². The first kappa shape index (κ1) is 10.9. The Hall–Kier alpha value is -1.62. The van der Waals surface area contributed by atoms with E-state index in [0.717, 1.165) is 17.0 Å². The summed E-state index contributed by atoms with van der Waals surface area (Å²) in [6.45, 7) is 1.92. The van der Waals surface area contributed by atoms with E-state index in [9.17, 15) is 8.42 Å². The van der Waals surface area contributed by atoms with Crippen molar-refractivity contribution < 1.29 is 8.42 Å². The highest BCUT2D eigenvalue weighted by Crippen LogP contribution is 2.19. The van der Waals surface area contributed by atoms with E-state index in [1.165, 1.54) is 6.26 Å². The number of benzene rings is 1. The van der Waals surface area contributed by atoms with E-state index in [1.807, 2.05) is 13.0 Å². The van der Waals surface area contributed by atoms with Crippen LogP contribution in [0.1, 0.15) is 5.69 Å². The topological polar surface area (TPSA) is 62.8 Å². The van der Waals surface area contributed by atoms with Crippen molar-refractivity contribution in [3.8, 4) is 11.3 Å². The minimum atomic E-state index is -3.12. The molecule has 0 radical (unpaired) electrons. The fourth-order valence-corrected chi connectivity index (χ4v) is 2.07. The van der Waals surface area contributed by atoms with E-state index in [-0.39, 0.29) is 0 Å². The first-order valence-corrected chi connectivity index (χ1v) is 6.68. The maximum atomic E-state index is 11.3. The average Bonchev–Trinajstić information content (AvgIpc) is 2.64. The zero-order valence-corrected chi connectivity index (χ0v) is 9.88. The summed E-state index contributed by atoms with van der Waals surface area (Å²) in [4.78, 5) is 0.323. The van der Waals surface area contributed by atoms with Crippen LogP contribution in [0.5, 0.6) is 0 Å². The molecule has 0 bridgehead atoms. The fraction of sp³-hybridized carbons (Fsp3) is 0.182. The largest absolute Gasteiger partial charge is 0.282 e. The summed E-state index contributed by atoms with van der Waals surface area (Å²) < 4.78 is 22.5. The van der Waals surface area contributed by atoms with Gasteiger partial charge in [-0.25, -0.2) is 8.42 Å². The van der Waals surface area contributed by atoms with Crippen molar-refractivity contribution in [2.75, 3.05) is 6.26 Å². The summed E-state index contributed by atoms with van der Waals surface area (Å²) in [7, 11) is -3.12. The highest BCUT2D eigenvalue weighted by Gasteiger charge is 2.07. The smallest absolute Gasteiger partial charge is 0.175 e. The van der Waals surface area contributed by atoms with E-state index in [2.05, 4.69) is 10.2 Å². The van der Waals surface area contributed by atoms with Crippen LogP contribution in [0.4, 0.5) is 0 Å². The molecule has 0 fully saturated rings. The van der Waals surface area contributed by atoms with Gasteiger partial charge in [-0.1, -0.05) is 12.1 Å². The van der Waals surface area contributed by atoms with E-state index < -0.39 is 9.84 Å². The maximum Gasteiger partial charge on any atom is 0.175 e. The highest BCUT2D eigenvalue weighted by molar-refractivity contribution is 7.90. The van der Waals surface area contributed by atoms with Gasteiger partial charge in [0.15, 0.2) is 9.84 Å². The summed E-state index contributed by atoms with van der Waals surface area (Å²) in [5.74, 6) is 0. The SMILES string of the molecule is Cc1cc(-c2ccc(S(C)(=O)=O)cc2)n[nH]1. The third kappa shape index (κ3) is 2.14. The Balaban J connectivity index is 2.40. The van der Waals surface area contributed by atoms with Gasteiger partial charge in [-0.2, -0.15) is 5.10 Å². The van der Waals surface area contributed by atoms with Gasteiger partial charge in [-0.3, -0.25) is 5.10 Å². The molecule has 0 atom stereocenters.